The van der Waals surface area contributed by atoms with E-state index in [1.807, 2.05) is 0 Å². The Hall–Kier alpha value is -1.72. The Labute approximate surface area is 83.4 Å². The van der Waals surface area contributed by atoms with Crippen LogP contribution in [0.2, 0.25) is 0 Å². The molecule has 0 aromatic heterocycles. The van der Waals surface area contributed by atoms with Crippen LogP contribution in [0.3, 0.4) is 0 Å². The third-order valence-corrected chi connectivity index (χ3v) is 1.57. The highest BCUT2D eigenvalue weighted by atomic mass is 19.3. The lowest BCUT2D eigenvalue weighted by atomic mass is 10.2. The van der Waals surface area contributed by atoms with Crippen molar-refractivity contribution in [3.8, 4) is 5.75 Å². The fourth-order valence-corrected chi connectivity index (χ4v) is 0.934. The van der Waals surface area contributed by atoms with E-state index in [4.69, 9.17) is 0 Å². The van der Waals surface area contributed by atoms with Crippen molar-refractivity contribution in [2.45, 2.75) is 6.61 Å². The van der Waals surface area contributed by atoms with Crippen LogP contribution < -0.4 is 4.74 Å². The standard InChI is InChI=1S/C9H7F3O3/c1-14-8(13)5-2-3-6(10)7(4-5)15-9(11)12/h2-4,9H,1H3. The second-order valence-corrected chi connectivity index (χ2v) is 2.52. The summed E-state index contributed by atoms with van der Waals surface area (Å²) in [6.07, 6.45) is 0. The minimum absolute atomic E-state index is 0.0606. The molecule has 82 valence electrons. The first-order valence-corrected chi connectivity index (χ1v) is 3.87. The van der Waals surface area contributed by atoms with E-state index in [9.17, 15) is 18.0 Å². The van der Waals surface area contributed by atoms with Gasteiger partial charge in [-0.15, -0.1) is 0 Å². The first kappa shape index (κ1) is 11.4. The summed E-state index contributed by atoms with van der Waals surface area (Å²) in [6, 6.07) is 2.82. The third kappa shape index (κ3) is 2.87. The zero-order valence-electron chi connectivity index (χ0n) is 7.67. The minimum Gasteiger partial charge on any atom is -0.465 e. The van der Waals surface area contributed by atoms with Crippen molar-refractivity contribution in [2.24, 2.45) is 0 Å². The molecular formula is C9H7F3O3. The Morgan fingerprint density at radius 1 is 1.40 bits per heavy atom. The van der Waals surface area contributed by atoms with Crippen LogP contribution in [0.5, 0.6) is 5.75 Å². The molecule has 0 saturated carbocycles. The van der Waals surface area contributed by atoms with Crippen molar-refractivity contribution in [3.63, 3.8) is 0 Å². The first-order chi connectivity index (χ1) is 7.04. The number of methoxy groups -OCH3 is 1. The smallest absolute Gasteiger partial charge is 0.387 e. The Morgan fingerprint density at radius 3 is 2.60 bits per heavy atom. The number of hydrogen-bond donors (Lipinski definition) is 0. The van der Waals surface area contributed by atoms with Crippen LogP contribution in [0.1, 0.15) is 10.4 Å². The lowest BCUT2D eigenvalue weighted by Crippen LogP contribution is -2.06. The average molecular weight is 220 g/mol. The molecule has 0 unspecified atom stereocenters. The lowest BCUT2D eigenvalue weighted by molar-refractivity contribution is -0.0522. The van der Waals surface area contributed by atoms with Gasteiger partial charge in [0.15, 0.2) is 11.6 Å². The Bertz CT molecular complexity index is 366. The second kappa shape index (κ2) is 4.68. The first-order valence-electron chi connectivity index (χ1n) is 3.87. The number of esters is 1. The van der Waals surface area contributed by atoms with Crippen molar-refractivity contribution < 1.29 is 27.4 Å². The second-order valence-electron chi connectivity index (χ2n) is 2.52. The van der Waals surface area contributed by atoms with Crippen LogP contribution in [-0.2, 0) is 4.74 Å². The van der Waals surface area contributed by atoms with Gasteiger partial charge in [0.05, 0.1) is 12.7 Å². The van der Waals surface area contributed by atoms with Gasteiger partial charge in [-0.05, 0) is 18.2 Å². The maximum Gasteiger partial charge on any atom is 0.387 e. The molecule has 1 rings (SSSR count). The number of hydrogen-bond acceptors (Lipinski definition) is 3. The number of benzene rings is 1. The maximum atomic E-state index is 12.9. The van der Waals surface area contributed by atoms with Gasteiger partial charge in [0.2, 0.25) is 0 Å². The topological polar surface area (TPSA) is 35.5 Å². The number of halogens is 3. The molecule has 0 N–H and O–H groups in total. The zero-order chi connectivity index (χ0) is 11.4. The fraction of sp³-hybridized carbons (Fsp3) is 0.222. The van der Waals surface area contributed by atoms with E-state index in [1.165, 1.54) is 0 Å². The van der Waals surface area contributed by atoms with Gasteiger partial charge in [0.1, 0.15) is 0 Å². The van der Waals surface area contributed by atoms with Crippen LogP contribution in [0.4, 0.5) is 13.2 Å². The van der Waals surface area contributed by atoms with Gasteiger partial charge in [0.25, 0.3) is 0 Å². The molecule has 0 aliphatic rings. The van der Waals surface area contributed by atoms with E-state index < -0.39 is 24.1 Å². The summed E-state index contributed by atoms with van der Waals surface area (Å²) in [5, 5.41) is 0. The predicted octanol–water partition coefficient (Wildman–Crippen LogP) is 2.21. The van der Waals surface area contributed by atoms with E-state index in [1.54, 1.807) is 0 Å². The quantitative estimate of drug-likeness (QED) is 0.732. The van der Waals surface area contributed by atoms with Crippen molar-refractivity contribution in [1.29, 1.82) is 0 Å². The largest absolute Gasteiger partial charge is 0.465 e. The molecule has 0 spiro atoms. The van der Waals surface area contributed by atoms with Crippen LogP contribution >= 0.6 is 0 Å². The number of rotatable bonds is 3. The third-order valence-electron chi connectivity index (χ3n) is 1.57. The molecule has 0 aliphatic carbocycles. The maximum absolute atomic E-state index is 12.9. The van der Waals surface area contributed by atoms with Crippen LogP contribution in [-0.4, -0.2) is 19.7 Å². The van der Waals surface area contributed by atoms with E-state index in [-0.39, 0.29) is 5.56 Å². The van der Waals surface area contributed by atoms with Crippen LogP contribution in [0.15, 0.2) is 18.2 Å². The van der Waals surface area contributed by atoms with Crippen LogP contribution in [0.25, 0.3) is 0 Å². The van der Waals surface area contributed by atoms with E-state index >= 15 is 0 Å². The molecule has 0 atom stereocenters. The molecule has 3 nitrogen and oxygen atoms in total. The van der Waals surface area contributed by atoms with Crippen molar-refractivity contribution >= 4 is 5.97 Å². The van der Waals surface area contributed by atoms with Crippen molar-refractivity contribution in [3.05, 3.63) is 29.6 Å². The molecule has 0 saturated heterocycles. The van der Waals surface area contributed by atoms with Crippen molar-refractivity contribution in [2.75, 3.05) is 7.11 Å². The van der Waals surface area contributed by atoms with Gasteiger partial charge in [-0.3, -0.25) is 0 Å². The molecule has 0 bridgehead atoms. The van der Waals surface area contributed by atoms with E-state index in [0.717, 1.165) is 25.3 Å². The Balaban J connectivity index is 2.99. The number of carbonyl (C=O) groups excluding carboxylic acids is 1. The molecule has 0 aliphatic heterocycles. The molecule has 0 amide bonds. The molecule has 0 radical (unpaired) electrons. The molecule has 6 heteroatoms. The zero-order valence-corrected chi connectivity index (χ0v) is 7.67. The van der Waals surface area contributed by atoms with Gasteiger partial charge in [-0.1, -0.05) is 0 Å². The van der Waals surface area contributed by atoms with Gasteiger partial charge in [0, 0.05) is 0 Å². The predicted molar refractivity (Wildman–Crippen MR) is 44.4 cm³/mol. The molecule has 0 fully saturated rings. The number of carbonyl (C=O) groups is 1. The average Bonchev–Trinajstić information content (AvgIpc) is 2.19. The minimum atomic E-state index is -3.15. The van der Waals surface area contributed by atoms with Gasteiger partial charge < -0.3 is 9.47 Å². The number of alkyl halides is 2. The SMILES string of the molecule is COC(=O)c1ccc(F)c(OC(F)F)c1. The molecule has 1 aromatic carbocycles. The number of ether oxygens (including phenoxy) is 2. The Kier molecular flexibility index (Phi) is 3.54. The van der Waals surface area contributed by atoms with Gasteiger partial charge >= 0.3 is 12.6 Å². The van der Waals surface area contributed by atoms with Crippen LogP contribution in [0, 0.1) is 5.82 Å². The summed E-state index contributed by atoms with van der Waals surface area (Å²) in [5.41, 5.74) is -0.0606. The summed E-state index contributed by atoms with van der Waals surface area (Å²) in [4.78, 5) is 11.0. The van der Waals surface area contributed by atoms with Gasteiger partial charge in [-0.2, -0.15) is 8.78 Å². The summed E-state index contributed by atoms with van der Waals surface area (Å²) >= 11 is 0. The summed E-state index contributed by atoms with van der Waals surface area (Å²) in [6.45, 7) is -3.15. The fourth-order valence-electron chi connectivity index (χ4n) is 0.934. The molecule has 1 aromatic rings. The monoisotopic (exact) mass is 220 g/mol. The summed E-state index contributed by atoms with van der Waals surface area (Å²) < 4.78 is 44.7. The normalized spacial score (nSPS) is 10.2. The van der Waals surface area contributed by atoms with Crippen molar-refractivity contribution in [1.82, 2.24) is 0 Å². The summed E-state index contributed by atoms with van der Waals surface area (Å²) in [5.74, 6) is -2.41. The van der Waals surface area contributed by atoms with E-state index in [2.05, 4.69) is 9.47 Å². The van der Waals surface area contributed by atoms with E-state index in [0.29, 0.717) is 0 Å². The summed E-state index contributed by atoms with van der Waals surface area (Å²) in [7, 11) is 1.12. The Morgan fingerprint density at radius 2 is 2.07 bits per heavy atom. The highest BCUT2D eigenvalue weighted by Crippen LogP contribution is 2.21. The lowest BCUT2D eigenvalue weighted by Gasteiger charge is -2.06. The molecule has 0 heterocycles. The molecule has 15 heavy (non-hydrogen) atoms. The molecular weight excluding hydrogens is 213 g/mol. The highest BCUT2D eigenvalue weighted by molar-refractivity contribution is 5.89. The van der Waals surface area contributed by atoms with Gasteiger partial charge in [-0.25, -0.2) is 9.18 Å². The highest BCUT2D eigenvalue weighted by Gasteiger charge is 2.13.